The van der Waals surface area contributed by atoms with Crippen molar-refractivity contribution >= 4 is 80.7 Å². The van der Waals surface area contributed by atoms with Crippen molar-refractivity contribution in [1.82, 2.24) is 27.8 Å². The van der Waals surface area contributed by atoms with Crippen molar-refractivity contribution < 1.29 is 29.0 Å². The Morgan fingerprint density at radius 2 is 1.24 bits per heavy atom. The second kappa shape index (κ2) is 13.2. The molecule has 0 unspecified atom stereocenters. The zero-order chi connectivity index (χ0) is 35.0. The van der Waals surface area contributed by atoms with E-state index < -0.39 is 23.6 Å². The zero-order valence-electron chi connectivity index (χ0n) is 26.2. The molecule has 18 heteroatoms. The Balaban J connectivity index is 1.36. The standard InChI is InChI=1S/C31H28N10O6S2/c1-14-8-20(38-48-14)28(45)36-30-34-18-10-16(26(32)43)12-22(42)24(18)40(30)6-4-5-7-41-25-19(11-17(27(33)44)13-23(25)47-3)35-31(41)37-29(46)21-9-15(2)49-39-21/h4-5,8-13,42H,6-7H2,1-3H3,(H2,32,43)(H2,33,44)(H,34,36,45)(H,35,37,46)/b5-4+. The Morgan fingerprint density at radius 3 is 1.69 bits per heavy atom. The lowest BCUT2D eigenvalue weighted by atomic mass is 10.1. The molecular formula is C31H28N10O6S2. The summed E-state index contributed by atoms with van der Waals surface area (Å²) >= 11 is 2.37. The number of hydrogen-bond acceptors (Lipinski definition) is 12. The van der Waals surface area contributed by atoms with Gasteiger partial charge in [0.05, 0.1) is 18.1 Å². The zero-order valence-corrected chi connectivity index (χ0v) is 27.8. The number of fused-ring (bicyclic) bond motifs is 2. The SMILES string of the molecule is COc1cc(C(N)=O)cc2nc(NC(=O)c3cc(C)sn3)n(C/C=C/Cn3c(NC(=O)c4cc(C)sn4)nc4cc(C(N)=O)cc(O)c43)c12. The van der Waals surface area contributed by atoms with Crippen LogP contribution in [0.2, 0.25) is 0 Å². The van der Waals surface area contributed by atoms with Crippen molar-refractivity contribution in [3.63, 3.8) is 0 Å². The van der Waals surface area contributed by atoms with Crippen LogP contribution < -0.4 is 26.8 Å². The molecule has 2 aromatic carbocycles. The van der Waals surface area contributed by atoms with Gasteiger partial charge in [-0.15, -0.1) is 0 Å². The third-order valence-electron chi connectivity index (χ3n) is 7.33. The molecule has 49 heavy (non-hydrogen) atoms. The highest BCUT2D eigenvalue weighted by molar-refractivity contribution is 7.06. The molecule has 0 saturated carbocycles. The monoisotopic (exact) mass is 700 g/mol. The molecule has 0 spiro atoms. The Morgan fingerprint density at radius 1 is 0.776 bits per heavy atom. The van der Waals surface area contributed by atoms with Crippen LogP contribution in [0.4, 0.5) is 11.9 Å². The number of nitrogens with two attached hydrogens (primary N) is 2. The molecule has 6 aromatic rings. The van der Waals surface area contributed by atoms with E-state index in [1.165, 1.54) is 54.4 Å². The number of carbonyl (C=O) groups is 4. The minimum Gasteiger partial charge on any atom is -0.506 e. The van der Waals surface area contributed by atoms with Crippen molar-refractivity contribution in [3.05, 3.63) is 80.8 Å². The van der Waals surface area contributed by atoms with Gasteiger partial charge in [0, 0.05) is 34.0 Å². The lowest BCUT2D eigenvalue weighted by Crippen LogP contribution is -2.16. The number of allylic oxidation sites excluding steroid dienone is 2. The summed E-state index contributed by atoms with van der Waals surface area (Å²) in [4.78, 5) is 60.7. The second-order valence-electron chi connectivity index (χ2n) is 10.8. The molecule has 0 aliphatic carbocycles. The number of phenolic OH excluding ortho intramolecular Hbond substituents is 1. The third kappa shape index (κ3) is 6.54. The highest BCUT2D eigenvalue weighted by Crippen LogP contribution is 2.32. The van der Waals surface area contributed by atoms with E-state index in [2.05, 4.69) is 29.3 Å². The molecule has 0 aliphatic heterocycles. The quantitative estimate of drug-likeness (QED) is 0.123. The molecule has 7 N–H and O–H groups in total. The number of carbonyl (C=O) groups excluding carboxylic acids is 4. The fourth-order valence-electron chi connectivity index (χ4n) is 5.10. The summed E-state index contributed by atoms with van der Waals surface area (Å²) < 4.78 is 17.1. The minimum atomic E-state index is -0.756. The van der Waals surface area contributed by atoms with E-state index in [-0.39, 0.29) is 64.3 Å². The van der Waals surface area contributed by atoms with Gasteiger partial charge in [-0.05, 0) is 73.3 Å². The molecule has 4 aromatic heterocycles. The van der Waals surface area contributed by atoms with E-state index >= 15 is 0 Å². The fraction of sp³-hybridized carbons (Fsp3) is 0.161. The summed E-state index contributed by atoms with van der Waals surface area (Å²) in [6.07, 6.45) is 3.51. The van der Waals surface area contributed by atoms with Gasteiger partial charge in [-0.2, -0.15) is 8.75 Å². The number of primary amides is 2. The molecule has 250 valence electrons. The number of rotatable bonds is 11. The van der Waals surface area contributed by atoms with Crippen LogP contribution in [-0.2, 0) is 13.1 Å². The summed E-state index contributed by atoms with van der Waals surface area (Å²) in [5.41, 5.74) is 12.9. The van der Waals surface area contributed by atoms with Crippen LogP contribution in [0.1, 0.15) is 51.4 Å². The Kier molecular flexibility index (Phi) is 8.81. The summed E-state index contributed by atoms with van der Waals surface area (Å²) in [5.74, 6) is -2.14. The second-order valence-corrected chi connectivity index (χ2v) is 12.8. The van der Waals surface area contributed by atoms with Crippen LogP contribution in [0.15, 0.2) is 48.6 Å². The van der Waals surface area contributed by atoms with Crippen LogP contribution in [-0.4, -0.2) is 63.7 Å². The number of nitrogens with one attached hydrogen (secondary N) is 2. The summed E-state index contributed by atoms with van der Waals surface area (Å²) in [5, 5.41) is 16.4. The molecule has 0 fully saturated rings. The number of methoxy groups -OCH3 is 1. The van der Waals surface area contributed by atoms with Crippen molar-refractivity contribution in [2.24, 2.45) is 11.5 Å². The average Bonchev–Trinajstić information content (AvgIpc) is 3.84. The van der Waals surface area contributed by atoms with Crippen LogP contribution in [0.25, 0.3) is 22.1 Å². The molecule has 16 nitrogen and oxygen atoms in total. The number of ether oxygens (including phenoxy) is 1. The minimum absolute atomic E-state index is 0.0426. The molecular weight excluding hydrogens is 673 g/mol. The first-order valence-corrected chi connectivity index (χ1v) is 16.0. The van der Waals surface area contributed by atoms with Gasteiger partial charge in [-0.3, -0.25) is 29.8 Å². The number of phenols is 1. The smallest absolute Gasteiger partial charge is 0.277 e. The predicted octanol–water partition coefficient (Wildman–Crippen LogP) is 3.59. The van der Waals surface area contributed by atoms with Gasteiger partial charge in [-0.25, -0.2) is 9.97 Å². The number of hydrogen-bond donors (Lipinski definition) is 5. The average molecular weight is 701 g/mol. The maximum absolute atomic E-state index is 13.1. The first-order valence-electron chi connectivity index (χ1n) is 14.5. The van der Waals surface area contributed by atoms with E-state index in [0.717, 1.165) is 9.75 Å². The number of amides is 4. The van der Waals surface area contributed by atoms with E-state index in [0.29, 0.717) is 16.8 Å². The maximum atomic E-state index is 13.1. The number of nitrogens with zero attached hydrogens (tertiary/aromatic N) is 6. The van der Waals surface area contributed by atoms with Crippen molar-refractivity contribution in [2.75, 3.05) is 17.7 Å². The topological polar surface area (TPSA) is 235 Å². The van der Waals surface area contributed by atoms with Crippen LogP contribution in [0, 0.1) is 13.8 Å². The molecule has 0 bridgehead atoms. The summed E-state index contributed by atoms with van der Waals surface area (Å²) in [6, 6.07) is 8.93. The molecule has 0 radical (unpaired) electrons. The lowest BCUT2D eigenvalue weighted by molar-refractivity contribution is 0.0991. The summed E-state index contributed by atoms with van der Waals surface area (Å²) in [7, 11) is 1.44. The van der Waals surface area contributed by atoms with Crippen LogP contribution >= 0.6 is 23.1 Å². The number of benzene rings is 2. The van der Waals surface area contributed by atoms with E-state index in [9.17, 15) is 24.3 Å². The fourth-order valence-corrected chi connectivity index (χ4v) is 6.19. The van der Waals surface area contributed by atoms with Gasteiger partial charge < -0.3 is 30.4 Å². The highest BCUT2D eigenvalue weighted by Gasteiger charge is 2.22. The number of anilines is 2. The number of aromatic hydroxyl groups is 1. The highest BCUT2D eigenvalue weighted by atomic mass is 32.1. The van der Waals surface area contributed by atoms with E-state index in [1.54, 1.807) is 33.4 Å². The van der Waals surface area contributed by atoms with Crippen molar-refractivity contribution in [1.29, 1.82) is 0 Å². The van der Waals surface area contributed by atoms with E-state index in [4.69, 9.17) is 16.2 Å². The molecule has 0 aliphatic rings. The van der Waals surface area contributed by atoms with Crippen molar-refractivity contribution in [2.45, 2.75) is 26.9 Å². The summed E-state index contributed by atoms with van der Waals surface area (Å²) in [6.45, 7) is 3.91. The number of aromatic nitrogens is 6. The normalized spacial score (nSPS) is 11.4. The lowest BCUT2D eigenvalue weighted by Gasteiger charge is -2.11. The number of aryl methyl sites for hydroxylation is 2. The predicted molar refractivity (Wildman–Crippen MR) is 183 cm³/mol. The van der Waals surface area contributed by atoms with Crippen LogP contribution in [0.5, 0.6) is 11.5 Å². The Bertz CT molecular complexity index is 2330. The van der Waals surface area contributed by atoms with Crippen LogP contribution in [0.3, 0.4) is 0 Å². The first-order chi connectivity index (χ1) is 23.4. The Hall–Kier alpha value is -6.14. The molecule has 0 atom stereocenters. The number of imidazole rings is 2. The molecule has 4 amide bonds. The third-order valence-corrected chi connectivity index (χ3v) is 8.72. The first kappa shape index (κ1) is 32.8. The van der Waals surface area contributed by atoms with Crippen molar-refractivity contribution in [3.8, 4) is 11.5 Å². The van der Waals surface area contributed by atoms with Gasteiger partial charge in [0.15, 0.2) is 0 Å². The molecule has 6 rings (SSSR count). The van der Waals surface area contributed by atoms with E-state index in [1.807, 2.05) is 13.8 Å². The largest absolute Gasteiger partial charge is 0.506 e. The van der Waals surface area contributed by atoms with Gasteiger partial charge in [0.2, 0.25) is 23.7 Å². The van der Waals surface area contributed by atoms with Gasteiger partial charge in [0.1, 0.15) is 33.9 Å². The molecule has 0 saturated heterocycles. The maximum Gasteiger partial charge on any atom is 0.277 e. The van der Waals surface area contributed by atoms with Gasteiger partial charge >= 0.3 is 0 Å². The molecule has 4 heterocycles. The van der Waals surface area contributed by atoms with Gasteiger partial charge in [0.25, 0.3) is 11.8 Å². The Labute approximate surface area is 285 Å². The van der Waals surface area contributed by atoms with Gasteiger partial charge in [-0.1, -0.05) is 12.2 Å².